The number of nitrogens with zero attached hydrogens (tertiary/aromatic N) is 2. The molecule has 0 radical (unpaired) electrons. The Morgan fingerprint density at radius 1 is 0.161 bits per heavy atom. The fourth-order valence-electron chi connectivity index (χ4n) is 21.7. The zero-order valence-electron chi connectivity index (χ0n) is 65.8. The standard InChI is InChI=1S/C116H84N2/c1-3-29-77(30-4-1)87-35-9-11-37-91(87)94-39-13-15-41-96(94)104-45-19-22-51-112(104)118(86-63-67-103-101-44-18-21-50-109(101)116(111(103)76-86)71-25-26-72-116)113-52-28-48-98-105(113)65-58-81-53-54-82(73-106(81)98)83-59-68-114(107(74-83)97-42-16-14-40-95(97)92-38-12-10-36-88(92)78-31-5-2-6-32-78)117(85-62-66-102-100-43-17-20-49-108(100)115(110(102)75-85)69-23-24-70-115)84-60-55-80(56-61-84)90-46-27-47-93-89-34-8-7-33-79(89)57-64-99(90)93/h1-22,27-68,73-76H,23-26,69-72H2. The molecule has 118 heavy (non-hydrogen) atoms. The molecule has 19 aromatic carbocycles. The van der Waals surface area contributed by atoms with Crippen molar-refractivity contribution in [1.82, 2.24) is 0 Å². The van der Waals surface area contributed by atoms with E-state index in [4.69, 9.17) is 0 Å². The summed E-state index contributed by atoms with van der Waals surface area (Å²) in [7, 11) is 0. The number of hydrogen-bond donors (Lipinski definition) is 0. The van der Waals surface area contributed by atoms with Gasteiger partial charge in [-0.05, 0) is 253 Å². The average Bonchev–Trinajstić information content (AvgIpc) is 1.61. The number of benzene rings is 19. The first-order chi connectivity index (χ1) is 58.5. The number of hydrogen-bond acceptors (Lipinski definition) is 2. The van der Waals surface area contributed by atoms with Crippen LogP contribution in [0, 0.1) is 0 Å². The van der Waals surface area contributed by atoms with Crippen LogP contribution in [0.1, 0.15) is 73.6 Å². The van der Waals surface area contributed by atoms with Gasteiger partial charge in [0, 0.05) is 44.4 Å². The molecule has 0 bridgehead atoms. The van der Waals surface area contributed by atoms with E-state index in [1.165, 1.54) is 174 Å². The molecule has 0 N–H and O–H groups in total. The van der Waals surface area contributed by atoms with Gasteiger partial charge in [0.25, 0.3) is 0 Å². The van der Waals surface area contributed by atoms with Crippen LogP contribution >= 0.6 is 0 Å². The summed E-state index contributed by atoms with van der Waals surface area (Å²) >= 11 is 0. The highest BCUT2D eigenvalue weighted by molar-refractivity contribution is 6.16. The van der Waals surface area contributed by atoms with Crippen molar-refractivity contribution in [3.8, 4) is 111 Å². The monoisotopic (exact) mass is 1500 g/mol. The maximum atomic E-state index is 2.61. The third-order valence-electron chi connectivity index (χ3n) is 27.0. The molecular formula is C116H84N2. The summed E-state index contributed by atoms with van der Waals surface area (Å²) in [4.78, 5) is 5.19. The first kappa shape index (κ1) is 69.3. The van der Waals surface area contributed by atoms with Crippen LogP contribution in [0.3, 0.4) is 0 Å². The summed E-state index contributed by atoms with van der Waals surface area (Å²) in [5.41, 5.74) is 36.9. The van der Waals surface area contributed by atoms with Crippen molar-refractivity contribution in [2.24, 2.45) is 0 Å². The molecule has 0 unspecified atom stereocenters. The first-order valence-electron chi connectivity index (χ1n) is 42.3. The zero-order valence-corrected chi connectivity index (χ0v) is 65.8. The van der Waals surface area contributed by atoms with Gasteiger partial charge in [-0.25, -0.2) is 0 Å². The van der Waals surface area contributed by atoms with Crippen molar-refractivity contribution in [3.63, 3.8) is 0 Å². The minimum absolute atomic E-state index is 0.0363. The fourth-order valence-corrected chi connectivity index (χ4v) is 21.7. The van der Waals surface area contributed by atoms with Crippen LogP contribution in [-0.2, 0) is 10.8 Å². The van der Waals surface area contributed by atoms with E-state index in [1.54, 1.807) is 0 Å². The van der Waals surface area contributed by atoms with Crippen molar-refractivity contribution in [2.45, 2.75) is 62.2 Å². The van der Waals surface area contributed by atoms with Crippen molar-refractivity contribution >= 4 is 77.2 Å². The van der Waals surface area contributed by atoms with Gasteiger partial charge >= 0.3 is 0 Å². The van der Waals surface area contributed by atoms with Gasteiger partial charge in [-0.2, -0.15) is 0 Å². The summed E-state index contributed by atoms with van der Waals surface area (Å²) in [6, 6.07) is 157. The summed E-state index contributed by atoms with van der Waals surface area (Å²) in [6.45, 7) is 0. The van der Waals surface area contributed by atoms with Crippen LogP contribution in [0.4, 0.5) is 34.1 Å². The van der Waals surface area contributed by atoms with E-state index >= 15 is 0 Å². The molecule has 0 aliphatic heterocycles. The molecule has 0 amide bonds. The van der Waals surface area contributed by atoms with Crippen molar-refractivity contribution in [2.75, 3.05) is 9.80 Å². The molecular weight excluding hydrogens is 1420 g/mol. The van der Waals surface area contributed by atoms with E-state index in [9.17, 15) is 0 Å². The van der Waals surface area contributed by atoms with Gasteiger partial charge in [-0.1, -0.05) is 371 Å². The zero-order chi connectivity index (χ0) is 77.8. The molecule has 0 atom stereocenters. The van der Waals surface area contributed by atoms with Crippen LogP contribution < -0.4 is 9.80 Å². The molecule has 0 heterocycles. The molecule has 19 aromatic rings. The molecule has 2 saturated carbocycles. The Hall–Kier alpha value is -14.2. The highest BCUT2D eigenvalue weighted by atomic mass is 15.2. The quantitative estimate of drug-likeness (QED) is 0.100. The lowest BCUT2D eigenvalue weighted by molar-refractivity contribution is 0.550. The van der Waals surface area contributed by atoms with Gasteiger partial charge < -0.3 is 9.80 Å². The van der Waals surface area contributed by atoms with E-state index < -0.39 is 0 Å². The molecule has 0 aromatic heterocycles. The first-order valence-corrected chi connectivity index (χ1v) is 42.3. The molecule has 0 saturated heterocycles. The highest BCUT2D eigenvalue weighted by Crippen LogP contribution is 2.61. The lowest BCUT2D eigenvalue weighted by Crippen LogP contribution is -2.21. The lowest BCUT2D eigenvalue weighted by atomic mass is 9.76. The number of anilines is 6. The second-order valence-corrected chi connectivity index (χ2v) is 33.1. The molecule has 2 spiro atoms. The summed E-state index contributed by atoms with van der Waals surface area (Å²) in [5.74, 6) is 0. The Balaban J connectivity index is 0.724. The number of para-hydroxylation sites is 1. The number of fused-ring (bicyclic) bond motifs is 16. The van der Waals surface area contributed by atoms with E-state index in [2.05, 4.69) is 422 Å². The maximum Gasteiger partial charge on any atom is 0.0540 e. The van der Waals surface area contributed by atoms with Crippen molar-refractivity contribution in [3.05, 3.63) is 435 Å². The van der Waals surface area contributed by atoms with E-state index in [0.29, 0.717) is 0 Å². The normalized spacial score (nSPS) is 14.0. The van der Waals surface area contributed by atoms with Crippen LogP contribution in [0.2, 0.25) is 0 Å². The fraction of sp³-hybridized carbons (Fsp3) is 0.0862. The van der Waals surface area contributed by atoms with E-state index in [-0.39, 0.29) is 10.8 Å². The molecule has 4 aliphatic rings. The summed E-state index contributed by atoms with van der Waals surface area (Å²) in [6.07, 6.45) is 9.45. The van der Waals surface area contributed by atoms with Crippen LogP contribution in [-0.4, -0.2) is 0 Å². The maximum absolute atomic E-state index is 2.61. The predicted molar refractivity (Wildman–Crippen MR) is 499 cm³/mol. The average molecular weight is 1510 g/mol. The Kier molecular flexibility index (Phi) is 16.7. The largest absolute Gasteiger partial charge is 0.310 e. The molecule has 2 heteroatoms. The highest BCUT2D eigenvalue weighted by Gasteiger charge is 2.47. The second kappa shape index (κ2) is 28.4. The smallest absolute Gasteiger partial charge is 0.0540 e. The second-order valence-electron chi connectivity index (χ2n) is 33.1. The SMILES string of the molecule is c1ccc(-c2ccccc2-c2ccccc2-c2cc(-c3ccc4ccc5c(N(c6ccc7c(c6)C6(CCCC6)c6ccccc6-7)c6ccccc6-c6ccccc6-c6ccccc6-c6ccccc6)cccc5c4c3)ccc2N(c2ccc(-c3cccc4c3ccc3ccccc34)cc2)c2ccc3c(c2)C2(CCCC2)c2ccccc2-3)cc1. The van der Waals surface area contributed by atoms with Crippen LogP contribution in [0.5, 0.6) is 0 Å². The van der Waals surface area contributed by atoms with Crippen molar-refractivity contribution < 1.29 is 0 Å². The van der Waals surface area contributed by atoms with Gasteiger partial charge in [0.15, 0.2) is 0 Å². The molecule has 2 fully saturated rings. The predicted octanol–water partition coefficient (Wildman–Crippen LogP) is 32.3. The van der Waals surface area contributed by atoms with Crippen LogP contribution in [0.15, 0.2) is 413 Å². The topological polar surface area (TPSA) is 6.48 Å². The Bertz CT molecular complexity index is 7200. The Morgan fingerprint density at radius 2 is 0.525 bits per heavy atom. The minimum atomic E-state index is -0.0457. The third-order valence-corrected chi connectivity index (χ3v) is 27.0. The van der Waals surface area contributed by atoms with Gasteiger partial charge in [0.1, 0.15) is 0 Å². The van der Waals surface area contributed by atoms with Gasteiger partial charge in [-0.3, -0.25) is 0 Å². The molecule has 23 rings (SSSR count). The lowest BCUT2D eigenvalue weighted by Gasteiger charge is -2.32. The minimum Gasteiger partial charge on any atom is -0.310 e. The van der Waals surface area contributed by atoms with E-state index in [1.807, 2.05) is 0 Å². The molecule has 4 aliphatic carbocycles. The Labute approximate surface area is 690 Å². The van der Waals surface area contributed by atoms with Crippen LogP contribution in [0.25, 0.3) is 154 Å². The number of rotatable bonds is 14. The third kappa shape index (κ3) is 11.2. The van der Waals surface area contributed by atoms with E-state index in [0.717, 1.165) is 87.6 Å². The Morgan fingerprint density at radius 3 is 1.12 bits per heavy atom. The molecule has 558 valence electrons. The van der Waals surface area contributed by atoms with Gasteiger partial charge in [0.2, 0.25) is 0 Å². The van der Waals surface area contributed by atoms with Crippen molar-refractivity contribution in [1.29, 1.82) is 0 Å². The van der Waals surface area contributed by atoms with Gasteiger partial charge in [-0.15, -0.1) is 0 Å². The summed E-state index contributed by atoms with van der Waals surface area (Å²) < 4.78 is 0. The summed E-state index contributed by atoms with van der Waals surface area (Å²) in [5, 5.41) is 9.80. The molecule has 2 nitrogen and oxygen atoms in total. The van der Waals surface area contributed by atoms with Gasteiger partial charge in [0.05, 0.1) is 17.1 Å².